The summed E-state index contributed by atoms with van der Waals surface area (Å²) in [6, 6.07) is 4.08. The van der Waals surface area contributed by atoms with Crippen molar-refractivity contribution >= 4 is 23.4 Å². The maximum Gasteiger partial charge on any atom is 0.189 e. The standard InChI is InChI=1S/C18H21N5OS/c1-4-9-22-11-13-10-19-17(25-3)21-16(13)23(22)14-6-5-12-7-8-18(2,24)15(12)20-14/h4-6,10,24H,1,7-9,11H2,2-3H3. The first-order chi connectivity index (χ1) is 12.0. The molecule has 130 valence electrons. The topological polar surface area (TPSA) is 65.4 Å². The largest absolute Gasteiger partial charge is 0.384 e. The number of hydrogen-bond acceptors (Lipinski definition) is 7. The van der Waals surface area contributed by atoms with E-state index in [1.165, 1.54) is 11.8 Å². The first kappa shape index (κ1) is 16.5. The average molecular weight is 355 g/mol. The van der Waals surface area contributed by atoms with Gasteiger partial charge in [0.05, 0.1) is 5.69 Å². The molecule has 1 aliphatic carbocycles. The van der Waals surface area contributed by atoms with Crippen LogP contribution in [-0.2, 0) is 18.6 Å². The number of aliphatic hydroxyl groups is 1. The van der Waals surface area contributed by atoms with Gasteiger partial charge in [0.1, 0.15) is 11.4 Å². The lowest BCUT2D eigenvalue weighted by Gasteiger charge is -2.28. The number of thioether (sulfide) groups is 1. The second-order valence-corrected chi connectivity index (χ2v) is 7.38. The van der Waals surface area contributed by atoms with E-state index < -0.39 is 5.60 Å². The fourth-order valence-electron chi connectivity index (χ4n) is 3.49. The Morgan fingerprint density at radius 1 is 1.36 bits per heavy atom. The third kappa shape index (κ3) is 2.72. The number of pyridine rings is 1. The van der Waals surface area contributed by atoms with Crippen LogP contribution in [0.4, 0.5) is 11.6 Å². The smallest absolute Gasteiger partial charge is 0.189 e. The van der Waals surface area contributed by atoms with Crippen LogP contribution in [0.25, 0.3) is 0 Å². The highest BCUT2D eigenvalue weighted by Crippen LogP contribution is 2.40. The van der Waals surface area contributed by atoms with Gasteiger partial charge in [-0.25, -0.2) is 25.0 Å². The molecule has 0 saturated heterocycles. The first-order valence-corrected chi connectivity index (χ1v) is 9.54. The van der Waals surface area contributed by atoms with Crippen LogP contribution in [0.3, 0.4) is 0 Å². The number of nitrogens with zero attached hydrogens (tertiary/aromatic N) is 5. The molecule has 4 rings (SSSR count). The fraction of sp³-hybridized carbons (Fsp3) is 0.389. The highest BCUT2D eigenvalue weighted by atomic mass is 32.2. The molecule has 0 amide bonds. The highest BCUT2D eigenvalue weighted by Gasteiger charge is 2.36. The number of hydrazine groups is 1. The van der Waals surface area contributed by atoms with Gasteiger partial charge in [-0.2, -0.15) is 0 Å². The van der Waals surface area contributed by atoms with E-state index in [0.717, 1.165) is 40.0 Å². The van der Waals surface area contributed by atoms with E-state index in [-0.39, 0.29) is 0 Å². The molecular weight excluding hydrogens is 334 g/mol. The first-order valence-electron chi connectivity index (χ1n) is 8.32. The molecule has 2 aromatic rings. The SMILES string of the molecule is C=CCN1Cc2cnc(SC)nc2N1c1ccc2c(n1)C(C)(O)CC2. The minimum absolute atomic E-state index is 0.681. The molecule has 0 aromatic carbocycles. The molecule has 6 nitrogen and oxygen atoms in total. The molecule has 1 atom stereocenters. The van der Waals surface area contributed by atoms with Gasteiger partial charge in [0, 0.05) is 24.8 Å². The van der Waals surface area contributed by atoms with Crippen molar-refractivity contribution in [2.24, 2.45) is 0 Å². The van der Waals surface area contributed by atoms with E-state index in [0.29, 0.717) is 19.5 Å². The van der Waals surface area contributed by atoms with E-state index in [2.05, 4.69) is 22.6 Å². The molecule has 0 spiro atoms. The van der Waals surface area contributed by atoms with E-state index in [9.17, 15) is 5.11 Å². The number of anilines is 2. The van der Waals surface area contributed by atoms with Gasteiger partial charge in [-0.3, -0.25) is 0 Å². The van der Waals surface area contributed by atoms with E-state index in [1.54, 1.807) is 0 Å². The van der Waals surface area contributed by atoms with Gasteiger partial charge in [-0.05, 0) is 37.7 Å². The number of hydrogen-bond donors (Lipinski definition) is 1. The van der Waals surface area contributed by atoms with Gasteiger partial charge in [0.2, 0.25) is 0 Å². The maximum absolute atomic E-state index is 10.6. The van der Waals surface area contributed by atoms with Gasteiger partial charge in [0.25, 0.3) is 0 Å². The number of aromatic nitrogens is 3. The molecule has 1 aliphatic heterocycles. The lowest BCUT2D eigenvalue weighted by molar-refractivity contribution is 0.0553. The minimum atomic E-state index is -0.868. The van der Waals surface area contributed by atoms with E-state index >= 15 is 0 Å². The lowest BCUT2D eigenvalue weighted by atomic mass is 10.0. The predicted molar refractivity (Wildman–Crippen MR) is 98.7 cm³/mol. The zero-order chi connectivity index (χ0) is 17.6. The van der Waals surface area contributed by atoms with Crippen LogP contribution in [0.15, 0.2) is 36.1 Å². The molecule has 1 N–H and O–H groups in total. The van der Waals surface area contributed by atoms with E-state index in [1.807, 2.05) is 36.5 Å². The Hall–Kier alpha value is -1.96. The fourth-order valence-corrected chi connectivity index (χ4v) is 3.82. The van der Waals surface area contributed by atoms with Crippen LogP contribution in [-0.4, -0.2) is 37.9 Å². The molecule has 0 saturated carbocycles. The van der Waals surface area contributed by atoms with Gasteiger partial charge in [-0.1, -0.05) is 23.9 Å². The molecule has 0 bridgehead atoms. The molecule has 2 aromatic heterocycles. The van der Waals surface area contributed by atoms with Crippen LogP contribution in [0.5, 0.6) is 0 Å². The van der Waals surface area contributed by atoms with Crippen LogP contribution >= 0.6 is 11.8 Å². The lowest BCUT2D eigenvalue weighted by Crippen LogP contribution is -2.35. The van der Waals surface area contributed by atoms with Crippen LogP contribution in [0.2, 0.25) is 0 Å². The Balaban J connectivity index is 1.82. The molecule has 0 fully saturated rings. The van der Waals surface area contributed by atoms with Gasteiger partial charge < -0.3 is 5.11 Å². The van der Waals surface area contributed by atoms with Gasteiger partial charge in [0.15, 0.2) is 11.0 Å². The second kappa shape index (κ2) is 6.09. The molecule has 3 heterocycles. The summed E-state index contributed by atoms with van der Waals surface area (Å²) in [5.41, 5.74) is 2.09. The number of aryl methyl sites for hydroxylation is 1. The summed E-state index contributed by atoms with van der Waals surface area (Å²) in [5, 5.41) is 15.5. The summed E-state index contributed by atoms with van der Waals surface area (Å²) in [6.45, 7) is 7.09. The van der Waals surface area contributed by atoms with Crippen LogP contribution in [0.1, 0.15) is 30.2 Å². The van der Waals surface area contributed by atoms with Crippen molar-refractivity contribution in [3.05, 3.63) is 47.8 Å². The molecule has 25 heavy (non-hydrogen) atoms. The zero-order valence-corrected chi connectivity index (χ0v) is 15.3. The normalized spacial score (nSPS) is 22.1. The Kier molecular flexibility index (Phi) is 4.02. The Bertz CT molecular complexity index is 838. The Labute approximate surface area is 151 Å². The maximum atomic E-state index is 10.6. The summed E-state index contributed by atoms with van der Waals surface area (Å²) in [6.07, 6.45) is 7.29. The quantitative estimate of drug-likeness (QED) is 0.514. The zero-order valence-electron chi connectivity index (χ0n) is 14.4. The van der Waals surface area contributed by atoms with E-state index in [4.69, 9.17) is 9.97 Å². The monoisotopic (exact) mass is 355 g/mol. The van der Waals surface area contributed by atoms with Crippen molar-refractivity contribution in [1.82, 2.24) is 20.0 Å². The molecule has 2 aliphatic rings. The highest BCUT2D eigenvalue weighted by molar-refractivity contribution is 7.98. The van der Waals surface area contributed by atoms with Crippen molar-refractivity contribution in [2.45, 2.75) is 37.1 Å². The summed E-state index contributed by atoms with van der Waals surface area (Å²) in [5.74, 6) is 1.62. The van der Waals surface area contributed by atoms with Crippen molar-refractivity contribution in [3.63, 3.8) is 0 Å². The molecular formula is C18H21N5OS. The van der Waals surface area contributed by atoms with Crippen molar-refractivity contribution in [1.29, 1.82) is 0 Å². The predicted octanol–water partition coefficient (Wildman–Crippen LogP) is 2.80. The number of rotatable bonds is 4. The number of fused-ring (bicyclic) bond motifs is 2. The summed E-state index contributed by atoms with van der Waals surface area (Å²) in [7, 11) is 0. The second-order valence-electron chi connectivity index (χ2n) is 6.60. The third-order valence-corrected chi connectivity index (χ3v) is 5.31. The van der Waals surface area contributed by atoms with Crippen molar-refractivity contribution < 1.29 is 5.11 Å². The van der Waals surface area contributed by atoms with Crippen molar-refractivity contribution in [2.75, 3.05) is 17.8 Å². The van der Waals surface area contributed by atoms with Crippen LogP contribution in [0, 0.1) is 0 Å². The molecule has 7 heteroatoms. The van der Waals surface area contributed by atoms with Crippen molar-refractivity contribution in [3.8, 4) is 0 Å². The van der Waals surface area contributed by atoms with Crippen LogP contribution < -0.4 is 5.01 Å². The summed E-state index contributed by atoms with van der Waals surface area (Å²) >= 11 is 1.52. The minimum Gasteiger partial charge on any atom is -0.384 e. The Morgan fingerprint density at radius 3 is 2.96 bits per heavy atom. The third-order valence-electron chi connectivity index (χ3n) is 4.75. The Morgan fingerprint density at radius 2 is 2.20 bits per heavy atom. The van der Waals surface area contributed by atoms with Gasteiger partial charge >= 0.3 is 0 Å². The molecule has 0 radical (unpaired) electrons. The van der Waals surface area contributed by atoms with Gasteiger partial charge in [-0.15, -0.1) is 6.58 Å². The molecule has 1 unspecified atom stereocenters. The summed E-state index contributed by atoms with van der Waals surface area (Å²) < 4.78 is 0. The summed E-state index contributed by atoms with van der Waals surface area (Å²) in [4.78, 5) is 13.9. The average Bonchev–Trinajstić information content (AvgIpc) is 3.11.